The Balaban J connectivity index is 0.607. The number of Topliss-reactive ketones (excluding diaryl/α,β-unsaturated/α-hetero) is 3. The fourth-order valence-electron chi connectivity index (χ4n) is 17.7. The topological polar surface area (TPSA) is 474 Å². The van der Waals surface area contributed by atoms with Gasteiger partial charge >= 0.3 is 5.97 Å². The zero-order valence-electron chi connectivity index (χ0n) is 76.9. The fraction of sp³-hybridized carbons (Fsp3) is 0.628. The van der Waals surface area contributed by atoms with Crippen molar-refractivity contribution in [2.75, 3.05) is 128 Å². The van der Waals surface area contributed by atoms with Crippen molar-refractivity contribution in [1.29, 1.82) is 0 Å². The van der Waals surface area contributed by atoms with E-state index in [1.807, 2.05) is 79.8 Å². The van der Waals surface area contributed by atoms with Gasteiger partial charge in [0.2, 0.25) is 17.7 Å². The monoisotopic (exact) mass is 1810 g/mol. The predicted molar refractivity (Wildman–Crippen MR) is 486 cm³/mol. The van der Waals surface area contributed by atoms with Gasteiger partial charge in [0, 0.05) is 147 Å². The molecule has 4 fully saturated rings. The number of allylic oxidation sites excluding steroid dienone is 5. The lowest BCUT2D eigenvalue weighted by Crippen LogP contribution is -2.61. The number of aromatic nitrogens is 9. The van der Waals surface area contributed by atoms with E-state index < -0.39 is 84.1 Å². The number of aliphatic hydroxyl groups is 4. The minimum Gasteiger partial charge on any atom is -0.460 e. The number of fused-ring (bicyclic) bond motifs is 5. The molecule has 1 aromatic carbocycles. The lowest BCUT2D eigenvalue weighted by molar-refractivity contribution is -0.265. The van der Waals surface area contributed by atoms with Crippen LogP contribution in [0.15, 0.2) is 106 Å². The number of piperazine rings is 1. The Kier molecular flexibility index (Phi) is 38.3. The molecular weight excluding hydrogens is 1670 g/mol. The molecule has 5 aliphatic rings. The number of rotatable bonds is 34. The Hall–Kier alpha value is -9.99. The van der Waals surface area contributed by atoms with Crippen molar-refractivity contribution in [2.24, 2.45) is 40.7 Å². The van der Waals surface area contributed by atoms with E-state index in [4.69, 9.17) is 63.7 Å². The number of nitrogens with two attached hydrogens (primary N) is 2. The molecule has 710 valence electrons. The first-order valence-electron chi connectivity index (χ1n) is 45.9. The number of oxime groups is 1. The van der Waals surface area contributed by atoms with Gasteiger partial charge in [-0.1, -0.05) is 82.7 Å². The third-order valence-electron chi connectivity index (χ3n) is 25.6. The number of anilines is 4. The molecule has 36 nitrogen and oxygen atoms in total. The summed E-state index contributed by atoms with van der Waals surface area (Å²) in [6.07, 6.45) is 21.6. The van der Waals surface area contributed by atoms with E-state index in [1.165, 1.54) is 30.7 Å². The molecule has 1 aliphatic carbocycles. The molecule has 2 bridgehead atoms. The van der Waals surface area contributed by atoms with Crippen molar-refractivity contribution in [3.05, 3.63) is 108 Å². The second-order valence-electron chi connectivity index (χ2n) is 35.3. The first-order valence-corrected chi connectivity index (χ1v) is 45.9. The van der Waals surface area contributed by atoms with Crippen LogP contribution in [0.4, 0.5) is 23.7 Å². The molecule has 0 spiro atoms. The Morgan fingerprint density at radius 1 is 0.723 bits per heavy atom. The van der Waals surface area contributed by atoms with Crippen molar-refractivity contribution in [2.45, 2.75) is 238 Å². The number of cyclic esters (lactones) is 1. The molecule has 4 aliphatic heterocycles. The summed E-state index contributed by atoms with van der Waals surface area (Å²) in [5.41, 5.74) is 18.0. The van der Waals surface area contributed by atoms with Crippen LogP contribution in [0, 0.1) is 35.5 Å². The molecule has 1 saturated carbocycles. The Labute approximate surface area is 760 Å². The number of carbonyl (C=O) groups is 6. The number of aryl methyl sites for hydroxylation is 2. The number of carbonyl (C=O) groups excluding carboxylic acids is 6. The highest BCUT2D eigenvalue weighted by Gasteiger charge is 2.53. The summed E-state index contributed by atoms with van der Waals surface area (Å²) in [6.45, 7) is 17.8. The van der Waals surface area contributed by atoms with E-state index in [0.717, 1.165) is 36.0 Å². The second kappa shape index (κ2) is 49.5. The third-order valence-corrected chi connectivity index (χ3v) is 25.6. The minimum atomic E-state index is -2.47. The van der Waals surface area contributed by atoms with Crippen LogP contribution < -0.4 is 26.6 Å². The Morgan fingerprint density at radius 2 is 1.44 bits per heavy atom. The molecule has 36 heteroatoms. The van der Waals surface area contributed by atoms with Crippen LogP contribution in [0.1, 0.15) is 180 Å². The van der Waals surface area contributed by atoms with Crippen LogP contribution in [0.25, 0.3) is 33.4 Å². The molecule has 16 atom stereocenters. The van der Waals surface area contributed by atoms with Crippen LogP contribution >= 0.6 is 0 Å². The van der Waals surface area contributed by atoms with Crippen LogP contribution in [0.5, 0.6) is 0 Å². The lowest BCUT2D eigenvalue weighted by atomic mass is 9.78. The second-order valence-corrected chi connectivity index (χ2v) is 35.3. The van der Waals surface area contributed by atoms with E-state index >= 15 is 0 Å². The third kappa shape index (κ3) is 27.8. The quantitative estimate of drug-likeness (QED) is 0.00651. The first-order chi connectivity index (χ1) is 62.6. The number of nitrogen functional groups attached to an aromatic ring is 2. The van der Waals surface area contributed by atoms with E-state index in [0.29, 0.717) is 205 Å². The van der Waals surface area contributed by atoms with E-state index in [-0.39, 0.29) is 105 Å². The summed E-state index contributed by atoms with van der Waals surface area (Å²) < 4.78 is 54.6. The van der Waals surface area contributed by atoms with Gasteiger partial charge in [-0.3, -0.25) is 24.0 Å². The maximum Gasteiger partial charge on any atom is 0.329 e. The average molecular weight is 1810 g/mol. The summed E-state index contributed by atoms with van der Waals surface area (Å²) in [4.78, 5) is 125. The van der Waals surface area contributed by atoms with Gasteiger partial charge in [0.15, 0.2) is 23.6 Å². The van der Waals surface area contributed by atoms with Gasteiger partial charge in [-0.05, 0) is 150 Å². The molecule has 130 heavy (non-hydrogen) atoms. The molecule has 0 unspecified atom stereocenters. The van der Waals surface area contributed by atoms with Crippen molar-refractivity contribution in [1.82, 2.24) is 54.9 Å². The highest BCUT2D eigenvalue weighted by molar-refractivity contribution is 6.39. The molecule has 9 heterocycles. The number of unbranched alkanes of at least 4 members (excludes halogenated alkanes) is 2. The first kappa shape index (κ1) is 101. The van der Waals surface area contributed by atoms with Crippen molar-refractivity contribution >= 4 is 86.7 Å². The molecule has 5 aromatic heterocycles. The highest BCUT2D eigenvalue weighted by atomic mass is 16.6. The Bertz CT molecular complexity index is 4840. The highest BCUT2D eigenvalue weighted by Crippen LogP contribution is 2.40. The molecular formula is C94H134N16O20. The average Bonchev–Trinajstić information content (AvgIpc) is 1.47. The number of aliphatic hydroxyl groups excluding tert-OH is 3. The van der Waals surface area contributed by atoms with Gasteiger partial charge < -0.3 is 99.1 Å². The number of nitrogens with one attached hydrogen (secondary N) is 1. The smallest absolute Gasteiger partial charge is 0.329 e. The van der Waals surface area contributed by atoms with Gasteiger partial charge in [-0.25, -0.2) is 39.4 Å². The fourth-order valence-corrected chi connectivity index (χ4v) is 17.7. The number of amides is 2. The zero-order chi connectivity index (χ0) is 93.0. The van der Waals surface area contributed by atoms with E-state index in [2.05, 4.69) is 50.3 Å². The van der Waals surface area contributed by atoms with Crippen LogP contribution in [-0.4, -0.2) is 278 Å². The number of ketones is 3. The van der Waals surface area contributed by atoms with E-state index in [1.54, 1.807) is 59.5 Å². The number of nitrogens with zero attached hydrogens (tertiary/aromatic N) is 13. The number of oxazole rings is 1. The number of hydrogen-bond acceptors (Lipinski definition) is 33. The molecule has 0 radical (unpaired) electrons. The maximum absolute atomic E-state index is 14.8. The van der Waals surface area contributed by atoms with Crippen molar-refractivity contribution in [3.63, 3.8) is 0 Å². The van der Waals surface area contributed by atoms with Crippen molar-refractivity contribution < 1.29 is 96.3 Å². The largest absolute Gasteiger partial charge is 0.460 e. The summed E-state index contributed by atoms with van der Waals surface area (Å²) in [7, 11) is 4.61. The van der Waals surface area contributed by atoms with Crippen LogP contribution in [-0.2, 0) is 79.7 Å². The van der Waals surface area contributed by atoms with Gasteiger partial charge in [0.05, 0.1) is 86.8 Å². The number of piperidine rings is 1. The minimum absolute atomic E-state index is 0.0351. The van der Waals surface area contributed by atoms with Crippen LogP contribution in [0.3, 0.4) is 0 Å². The summed E-state index contributed by atoms with van der Waals surface area (Å²) >= 11 is 0. The molecule has 3 saturated heterocycles. The lowest BCUT2D eigenvalue weighted by Gasteiger charge is -2.43. The molecule has 6 aromatic rings. The SMILES string of the molecule is CO[C@H]1C[C@@H]2CC[C@@H](C)[C@@](O)(O2)C(=O)C(=O)N2CCCC[C@H]2C(=O)O[C@H]([C@H](C)C[C@@H]2CC[C@@H](O)[C@H](OC)C2)C[C@@H](O)[C@H](C)/C=C(\C)[C@@H](O)[C@@H](OC)C(=NOCC(=O)CCc2cnc(N3CCN(c4ncc(C(=O)NCCOCCOCCOCCC(=O)CCCCCn5nc(-c6ccc7oc(N)nc7c6)c6c(N)ncnc65)cn4)CC3)nc2)[C@H](C)C[C@H](C)/C=C/C=C/C=C/1C. The van der Waals surface area contributed by atoms with Gasteiger partial charge in [-0.15, -0.1) is 0 Å². The van der Waals surface area contributed by atoms with Gasteiger partial charge in [0.1, 0.15) is 53.5 Å². The standard InChI is InChI=1S/C94H134N16O20/c1-58-19-13-11-14-20-59(2)77(121-8)50-71-28-23-64(7)94(120,130-71)85(116)89(118)109-33-18-16-22-73(109)90(119)128-78(61(4)47-65-25-29-74(113)79(48-65)122-9)51-75(114)60(3)46-63(6)83(115)84(123-10)81(62(5)45-58)106-127-56-70(112)27-24-66-52-98-92(99-53-66)107-35-37-108(38-36-107)93-100-54-68(55-101-93)88(117)97-32-40-125-42-44-126-43-41-124-39-31-69(111)21-15-12-17-34-110-87-80(86(95)102-57-103-87)82(105-110)67-26-30-76-72(49-67)104-91(96)129-76/h11,13-14,19-20,26,30,46,49,52-55,57-58,60-62,64-65,71,73-75,77-79,83-84,113-115,120H,12,15-18,21-25,27-29,31-45,47-48,50-51,56H2,1-10H3,(H2,96,104)(H,97,117)(H2,95,102,103)/b14-11+,19-13+,59-20+,63-46+,106-81?/t58-,60-,61-,62-,64-,65+,71+,73+,74-,75-,77+,78+,79-,83-,84+,94-/m1/s1. The number of ether oxygens (including phenoxy) is 8. The number of benzene rings is 1. The van der Waals surface area contributed by atoms with Crippen molar-refractivity contribution in [3.8, 4) is 11.3 Å². The van der Waals surface area contributed by atoms with E-state index in [9.17, 15) is 49.2 Å². The number of esters is 1. The normalized spacial score (nSPS) is 27.7. The summed E-state index contributed by atoms with van der Waals surface area (Å²) in [5, 5.41) is 60.4. The summed E-state index contributed by atoms with van der Waals surface area (Å²) in [6, 6.07) is 4.41. The predicted octanol–water partition coefficient (Wildman–Crippen LogP) is 9.00. The number of hydrogen-bond donors (Lipinski definition) is 7. The van der Waals surface area contributed by atoms with Crippen LogP contribution in [0.2, 0.25) is 0 Å². The molecule has 2 amide bonds. The molecule has 11 rings (SSSR count). The number of methoxy groups -OCH3 is 3. The Morgan fingerprint density at radius 3 is 2.15 bits per heavy atom. The van der Waals surface area contributed by atoms with Gasteiger partial charge in [-0.2, -0.15) is 10.1 Å². The molecule has 9 N–H and O–H groups in total. The summed E-state index contributed by atoms with van der Waals surface area (Å²) in [5.74, 6) is -6.51. The maximum atomic E-state index is 14.8. The van der Waals surface area contributed by atoms with Gasteiger partial charge in [0.25, 0.3) is 23.6 Å². The zero-order valence-corrected chi connectivity index (χ0v) is 76.9.